The first-order valence-electron chi connectivity index (χ1n) is 6.16. The van der Waals surface area contributed by atoms with Crippen molar-refractivity contribution in [3.63, 3.8) is 0 Å². The molecule has 1 fully saturated rings. The van der Waals surface area contributed by atoms with Crippen LogP contribution in [0.3, 0.4) is 0 Å². The van der Waals surface area contributed by atoms with Crippen molar-refractivity contribution in [2.75, 3.05) is 26.7 Å². The average molecular weight is 198 g/mol. The minimum Gasteiger partial charge on any atom is -0.315 e. The Bertz CT molecular complexity index is 143. The summed E-state index contributed by atoms with van der Waals surface area (Å²) < 4.78 is 0. The van der Waals surface area contributed by atoms with Crippen LogP contribution in [0.25, 0.3) is 0 Å². The number of nitrogens with one attached hydrogen (secondary N) is 1. The van der Waals surface area contributed by atoms with E-state index in [-0.39, 0.29) is 0 Å². The Morgan fingerprint density at radius 3 is 2.64 bits per heavy atom. The lowest BCUT2D eigenvalue weighted by Gasteiger charge is -2.24. The van der Waals surface area contributed by atoms with Gasteiger partial charge >= 0.3 is 0 Å². The second-order valence-corrected chi connectivity index (χ2v) is 4.66. The van der Waals surface area contributed by atoms with Gasteiger partial charge in [-0.25, -0.2) is 0 Å². The highest BCUT2D eigenvalue weighted by molar-refractivity contribution is 4.84. The lowest BCUT2D eigenvalue weighted by Crippen LogP contribution is -2.36. The third-order valence-corrected chi connectivity index (χ3v) is 3.35. The van der Waals surface area contributed by atoms with Crippen LogP contribution in [0, 0.1) is 5.92 Å². The van der Waals surface area contributed by atoms with E-state index in [4.69, 9.17) is 0 Å². The molecule has 2 heteroatoms. The molecule has 0 radical (unpaired) electrons. The predicted octanol–water partition coefficient (Wildman–Crippen LogP) is 2.11. The van der Waals surface area contributed by atoms with Crippen molar-refractivity contribution in [1.82, 2.24) is 10.2 Å². The summed E-state index contributed by atoms with van der Waals surface area (Å²) in [6.45, 7) is 8.13. The van der Waals surface area contributed by atoms with Crippen LogP contribution in [-0.2, 0) is 0 Å². The first-order valence-corrected chi connectivity index (χ1v) is 6.16. The third kappa shape index (κ3) is 4.43. The minimum absolute atomic E-state index is 0.794. The lowest BCUT2D eigenvalue weighted by molar-refractivity contribution is 0.235. The molecule has 1 atom stereocenters. The minimum atomic E-state index is 0.794. The summed E-state index contributed by atoms with van der Waals surface area (Å²) in [7, 11) is 2.25. The highest BCUT2D eigenvalue weighted by Crippen LogP contribution is 2.34. The quantitative estimate of drug-likeness (QED) is 0.601. The van der Waals surface area contributed by atoms with E-state index >= 15 is 0 Å². The molecule has 1 rings (SSSR count). The zero-order chi connectivity index (χ0) is 10.4. The Balaban J connectivity index is 1.94. The lowest BCUT2D eigenvalue weighted by atomic mass is 10.2. The molecule has 0 amide bonds. The summed E-state index contributed by atoms with van der Waals surface area (Å²) in [5.74, 6) is 0.996. The van der Waals surface area contributed by atoms with Gasteiger partial charge in [0, 0.05) is 19.1 Å². The van der Waals surface area contributed by atoms with Crippen molar-refractivity contribution in [3.8, 4) is 0 Å². The first-order chi connectivity index (χ1) is 6.75. The van der Waals surface area contributed by atoms with Crippen LogP contribution in [0.1, 0.15) is 39.5 Å². The number of unbranched alkanes of at least 4 members (excludes halogenated alkanes) is 1. The molecule has 0 heterocycles. The largest absolute Gasteiger partial charge is 0.315 e. The maximum absolute atomic E-state index is 3.49. The Morgan fingerprint density at radius 2 is 2.07 bits per heavy atom. The van der Waals surface area contributed by atoms with E-state index in [1.807, 2.05) is 0 Å². The molecular weight excluding hydrogens is 172 g/mol. The summed E-state index contributed by atoms with van der Waals surface area (Å²) in [5, 5.41) is 3.49. The molecule has 0 aromatic rings. The van der Waals surface area contributed by atoms with Crippen LogP contribution in [0.2, 0.25) is 0 Å². The molecule has 2 nitrogen and oxygen atoms in total. The summed E-state index contributed by atoms with van der Waals surface area (Å²) in [6.07, 6.45) is 5.51. The van der Waals surface area contributed by atoms with Crippen molar-refractivity contribution in [2.24, 2.45) is 5.92 Å². The maximum atomic E-state index is 3.49. The molecule has 84 valence electrons. The SMILES string of the molecule is CCCCNCCN(C)C(C)C1CC1. The fraction of sp³-hybridized carbons (Fsp3) is 1.00. The average Bonchev–Trinajstić information content (AvgIpc) is 2.99. The smallest absolute Gasteiger partial charge is 0.0107 e. The molecule has 0 spiro atoms. The highest BCUT2D eigenvalue weighted by atomic mass is 15.1. The van der Waals surface area contributed by atoms with Crippen molar-refractivity contribution in [2.45, 2.75) is 45.6 Å². The highest BCUT2D eigenvalue weighted by Gasteiger charge is 2.29. The van der Waals surface area contributed by atoms with Gasteiger partial charge in [0.15, 0.2) is 0 Å². The Hall–Kier alpha value is -0.0800. The molecule has 0 saturated heterocycles. The number of hydrogen-bond acceptors (Lipinski definition) is 2. The summed E-state index contributed by atoms with van der Waals surface area (Å²) in [6, 6.07) is 0.794. The van der Waals surface area contributed by atoms with Crippen LogP contribution in [0.4, 0.5) is 0 Å². The molecule has 1 saturated carbocycles. The molecular formula is C12H26N2. The van der Waals surface area contributed by atoms with Gasteiger partial charge in [0.05, 0.1) is 0 Å². The molecule has 0 aromatic carbocycles. The standard InChI is InChI=1S/C12H26N2/c1-4-5-8-13-9-10-14(3)11(2)12-6-7-12/h11-13H,4-10H2,1-3H3. The fourth-order valence-electron chi connectivity index (χ4n) is 1.82. The van der Waals surface area contributed by atoms with E-state index in [1.54, 1.807) is 0 Å². The van der Waals surface area contributed by atoms with Crippen LogP contribution in [0.15, 0.2) is 0 Å². The van der Waals surface area contributed by atoms with Crippen LogP contribution >= 0.6 is 0 Å². The molecule has 1 aliphatic carbocycles. The topological polar surface area (TPSA) is 15.3 Å². The van der Waals surface area contributed by atoms with Crippen molar-refractivity contribution in [3.05, 3.63) is 0 Å². The van der Waals surface area contributed by atoms with Gasteiger partial charge in [0.1, 0.15) is 0 Å². The van der Waals surface area contributed by atoms with Gasteiger partial charge in [-0.3, -0.25) is 0 Å². The summed E-state index contributed by atoms with van der Waals surface area (Å²) in [5.41, 5.74) is 0. The van der Waals surface area contributed by atoms with Crippen molar-refractivity contribution in [1.29, 1.82) is 0 Å². The summed E-state index contributed by atoms with van der Waals surface area (Å²) in [4.78, 5) is 2.50. The van der Waals surface area contributed by atoms with Gasteiger partial charge in [-0.15, -0.1) is 0 Å². The van der Waals surface area contributed by atoms with Crippen LogP contribution in [0.5, 0.6) is 0 Å². The van der Waals surface area contributed by atoms with Crippen LogP contribution < -0.4 is 5.32 Å². The fourth-order valence-corrected chi connectivity index (χ4v) is 1.82. The van der Waals surface area contributed by atoms with Gasteiger partial charge in [-0.1, -0.05) is 13.3 Å². The Labute approximate surface area is 89.1 Å². The normalized spacial score (nSPS) is 18.9. The van der Waals surface area contributed by atoms with Crippen molar-refractivity contribution < 1.29 is 0 Å². The zero-order valence-electron chi connectivity index (χ0n) is 10.1. The number of hydrogen-bond donors (Lipinski definition) is 1. The van der Waals surface area contributed by atoms with E-state index in [9.17, 15) is 0 Å². The van der Waals surface area contributed by atoms with E-state index in [1.165, 1.54) is 38.8 Å². The van der Waals surface area contributed by atoms with Gasteiger partial charge in [0.2, 0.25) is 0 Å². The number of nitrogens with zero attached hydrogens (tertiary/aromatic N) is 1. The van der Waals surface area contributed by atoms with Gasteiger partial charge < -0.3 is 10.2 Å². The molecule has 0 aromatic heterocycles. The second kappa shape index (κ2) is 6.41. The first kappa shape index (κ1) is 12.0. The number of likely N-dealkylation sites (N-methyl/N-ethyl adjacent to an activating group) is 1. The molecule has 14 heavy (non-hydrogen) atoms. The third-order valence-electron chi connectivity index (χ3n) is 3.35. The van der Waals surface area contributed by atoms with E-state index in [0.717, 1.165) is 18.5 Å². The van der Waals surface area contributed by atoms with E-state index in [2.05, 4.69) is 31.1 Å². The Kier molecular flexibility index (Phi) is 5.49. The zero-order valence-corrected chi connectivity index (χ0v) is 10.1. The van der Waals surface area contributed by atoms with Gasteiger partial charge in [-0.2, -0.15) is 0 Å². The molecule has 1 N–H and O–H groups in total. The van der Waals surface area contributed by atoms with Gasteiger partial charge in [-0.05, 0) is 45.7 Å². The molecule has 0 aliphatic heterocycles. The summed E-state index contributed by atoms with van der Waals surface area (Å²) >= 11 is 0. The molecule has 1 aliphatic rings. The predicted molar refractivity (Wildman–Crippen MR) is 62.6 cm³/mol. The monoisotopic (exact) mass is 198 g/mol. The van der Waals surface area contributed by atoms with Crippen LogP contribution in [-0.4, -0.2) is 37.6 Å². The number of rotatable bonds is 8. The van der Waals surface area contributed by atoms with E-state index in [0.29, 0.717) is 0 Å². The molecule has 0 bridgehead atoms. The Morgan fingerprint density at radius 1 is 1.36 bits per heavy atom. The molecule has 1 unspecified atom stereocenters. The second-order valence-electron chi connectivity index (χ2n) is 4.66. The van der Waals surface area contributed by atoms with E-state index < -0.39 is 0 Å². The van der Waals surface area contributed by atoms with Crippen molar-refractivity contribution >= 4 is 0 Å². The van der Waals surface area contributed by atoms with Gasteiger partial charge in [0.25, 0.3) is 0 Å². The maximum Gasteiger partial charge on any atom is 0.0107 e.